The predicted octanol–water partition coefficient (Wildman–Crippen LogP) is 3.98. The molecule has 0 radical (unpaired) electrons. The van der Waals surface area contributed by atoms with Gasteiger partial charge in [-0.1, -0.05) is 18.2 Å². The molecule has 3 heterocycles. The molecule has 6 nitrogen and oxygen atoms in total. The Hall–Kier alpha value is -3.59. The Morgan fingerprint density at radius 1 is 1.07 bits per heavy atom. The monoisotopic (exact) mass is 399 g/mol. The van der Waals surface area contributed by atoms with Crippen molar-refractivity contribution in [2.45, 2.75) is 12.8 Å². The summed E-state index contributed by atoms with van der Waals surface area (Å²) in [6, 6.07) is 15.6. The van der Waals surface area contributed by atoms with Crippen LogP contribution in [0.25, 0.3) is 10.9 Å². The molecule has 1 fully saturated rings. The molecule has 2 aliphatic rings. The Balaban J connectivity index is 1.35. The average Bonchev–Trinajstić information content (AvgIpc) is 2.82. The van der Waals surface area contributed by atoms with Gasteiger partial charge >= 0.3 is 0 Å². The number of ketones is 1. The zero-order chi connectivity index (χ0) is 20.5. The van der Waals surface area contributed by atoms with Crippen molar-refractivity contribution in [3.8, 4) is 17.6 Å². The number of hydrogen-bond donors (Lipinski definition) is 0. The fourth-order valence-corrected chi connectivity index (χ4v) is 4.35. The Morgan fingerprint density at radius 2 is 1.83 bits per heavy atom. The third-order valence-electron chi connectivity index (χ3n) is 5.88. The highest BCUT2D eigenvalue weighted by molar-refractivity contribution is 5.99. The predicted molar refractivity (Wildman–Crippen MR) is 113 cm³/mol. The van der Waals surface area contributed by atoms with Gasteiger partial charge in [-0.25, -0.2) is 0 Å². The molecule has 30 heavy (non-hydrogen) atoms. The van der Waals surface area contributed by atoms with Gasteiger partial charge in [0, 0.05) is 36.2 Å². The number of hydrogen-bond acceptors (Lipinski definition) is 6. The van der Waals surface area contributed by atoms with Crippen LogP contribution in [0.15, 0.2) is 48.7 Å². The minimum atomic E-state index is -0.0394. The maximum atomic E-state index is 13.1. The highest BCUT2D eigenvalue weighted by Gasteiger charge is 2.28. The van der Waals surface area contributed by atoms with Gasteiger partial charge in [-0.3, -0.25) is 9.78 Å². The Morgan fingerprint density at radius 3 is 2.63 bits per heavy atom. The fourth-order valence-electron chi connectivity index (χ4n) is 4.35. The van der Waals surface area contributed by atoms with E-state index in [1.807, 2.05) is 36.4 Å². The van der Waals surface area contributed by atoms with Crippen molar-refractivity contribution in [2.24, 2.45) is 5.92 Å². The highest BCUT2D eigenvalue weighted by Crippen LogP contribution is 2.35. The maximum absolute atomic E-state index is 13.1. The van der Waals surface area contributed by atoms with Crippen LogP contribution in [0.2, 0.25) is 0 Å². The van der Waals surface area contributed by atoms with E-state index in [1.165, 1.54) is 0 Å². The van der Waals surface area contributed by atoms with Crippen molar-refractivity contribution in [3.63, 3.8) is 0 Å². The van der Waals surface area contributed by atoms with Crippen molar-refractivity contribution in [2.75, 3.05) is 31.2 Å². The first-order chi connectivity index (χ1) is 14.7. The lowest BCUT2D eigenvalue weighted by Gasteiger charge is -2.34. The molecule has 5 rings (SSSR count). The van der Waals surface area contributed by atoms with E-state index in [0.717, 1.165) is 42.5 Å². The second-order valence-electron chi connectivity index (χ2n) is 7.63. The summed E-state index contributed by atoms with van der Waals surface area (Å²) in [6.45, 7) is 2.49. The Labute approximate surface area is 174 Å². The van der Waals surface area contributed by atoms with Gasteiger partial charge in [-0.15, -0.1) is 0 Å². The molecule has 3 aromatic rings. The Kier molecular flexibility index (Phi) is 4.72. The second-order valence-corrected chi connectivity index (χ2v) is 7.63. The number of carbonyl (C=O) groups excluding carboxylic acids is 1. The number of nitriles is 1. The van der Waals surface area contributed by atoms with Gasteiger partial charge in [-0.2, -0.15) is 5.26 Å². The van der Waals surface area contributed by atoms with Crippen LogP contribution in [0.1, 0.15) is 28.8 Å². The molecule has 0 amide bonds. The number of pyridine rings is 1. The standard InChI is InChI=1S/C24H21N3O3/c25-14-18-15-26-20-4-2-1-3-19(20)23(18)27-9-7-16(8-10-27)24(28)17-5-6-21-22(13-17)30-12-11-29-21/h1-6,13,15-16H,7-12H2. The zero-order valence-corrected chi connectivity index (χ0v) is 16.5. The minimum absolute atomic E-state index is 0.0394. The van der Waals surface area contributed by atoms with E-state index in [2.05, 4.69) is 16.0 Å². The van der Waals surface area contributed by atoms with Crippen molar-refractivity contribution in [1.29, 1.82) is 5.26 Å². The van der Waals surface area contributed by atoms with Gasteiger partial charge in [0.2, 0.25) is 0 Å². The number of rotatable bonds is 3. The number of Topliss-reactive ketones (excluding diaryl/α,β-unsaturated/α-hetero) is 1. The number of para-hydroxylation sites is 1. The summed E-state index contributed by atoms with van der Waals surface area (Å²) in [5.41, 5.74) is 3.05. The molecule has 150 valence electrons. The number of piperidine rings is 1. The molecule has 0 aliphatic carbocycles. The number of carbonyl (C=O) groups is 1. The first-order valence-electron chi connectivity index (χ1n) is 10.2. The molecule has 1 saturated heterocycles. The molecule has 1 aromatic heterocycles. The molecule has 6 heteroatoms. The first-order valence-corrected chi connectivity index (χ1v) is 10.2. The van der Waals surface area contributed by atoms with E-state index in [1.54, 1.807) is 12.3 Å². The number of aromatic nitrogens is 1. The lowest BCUT2D eigenvalue weighted by Crippen LogP contribution is -2.37. The number of ether oxygens (including phenoxy) is 2. The lowest BCUT2D eigenvalue weighted by atomic mass is 9.88. The minimum Gasteiger partial charge on any atom is -0.486 e. The average molecular weight is 399 g/mol. The number of anilines is 1. The highest BCUT2D eigenvalue weighted by atomic mass is 16.6. The van der Waals surface area contributed by atoms with Crippen molar-refractivity contribution in [3.05, 3.63) is 59.8 Å². The molecule has 0 saturated carbocycles. The van der Waals surface area contributed by atoms with Crippen molar-refractivity contribution >= 4 is 22.4 Å². The first kappa shape index (κ1) is 18.4. The maximum Gasteiger partial charge on any atom is 0.166 e. The summed E-state index contributed by atoms with van der Waals surface area (Å²) in [5, 5.41) is 10.6. The van der Waals surface area contributed by atoms with Crippen LogP contribution in [0.4, 0.5) is 5.69 Å². The van der Waals surface area contributed by atoms with Gasteiger partial charge in [0.25, 0.3) is 0 Å². The van der Waals surface area contributed by atoms with Crippen LogP contribution in [-0.2, 0) is 0 Å². The van der Waals surface area contributed by atoms with Crippen LogP contribution in [0.3, 0.4) is 0 Å². The summed E-state index contributed by atoms with van der Waals surface area (Å²) in [6.07, 6.45) is 3.13. The third kappa shape index (κ3) is 3.22. The molecule has 2 aromatic carbocycles. The quantitative estimate of drug-likeness (QED) is 0.620. The van der Waals surface area contributed by atoms with Gasteiger partial charge in [0.1, 0.15) is 19.3 Å². The molecule has 0 N–H and O–H groups in total. The van der Waals surface area contributed by atoms with E-state index in [-0.39, 0.29) is 11.7 Å². The normalized spacial score (nSPS) is 16.3. The number of nitrogens with zero attached hydrogens (tertiary/aromatic N) is 3. The molecule has 0 unspecified atom stereocenters. The van der Waals surface area contributed by atoms with Crippen LogP contribution >= 0.6 is 0 Å². The van der Waals surface area contributed by atoms with Crippen molar-refractivity contribution in [1.82, 2.24) is 4.98 Å². The van der Waals surface area contributed by atoms with Gasteiger partial charge in [0.15, 0.2) is 17.3 Å². The summed E-state index contributed by atoms with van der Waals surface area (Å²) in [7, 11) is 0. The fraction of sp³-hybridized carbons (Fsp3) is 0.292. The van der Waals surface area contributed by atoms with Crippen LogP contribution in [0, 0.1) is 17.2 Å². The molecular formula is C24H21N3O3. The molecule has 2 aliphatic heterocycles. The number of fused-ring (bicyclic) bond motifs is 2. The zero-order valence-electron chi connectivity index (χ0n) is 16.5. The molecule has 0 spiro atoms. The van der Waals surface area contributed by atoms with Crippen LogP contribution < -0.4 is 14.4 Å². The van der Waals surface area contributed by atoms with Crippen LogP contribution in [-0.4, -0.2) is 37.1 Å². The van der Waals surface area contributed by atoms with E-state index >= 15 is 0 Å². The third-order valence-corrected chi connectivity index (χ3v) is 5.88. The molecular weight excluding hydrogens is 378 g/mol. The second kappa shape index (κ2) is 7.68. The van der Waals surface area contributed by atoms with Gasteiger partial charge in [-0.05, 0) is 37.1 Å². The number of benzene rings is 2. The van der Waals surface area contributed by atoms with Crippen molar-refractivity contribution < 1.29 is 14.3 Å². The van der Waals surface area contributed by atoms with E-state index < -0.39 is 0 Å². The lowest BCUT2D eigenvalue weighted by molar-refractivity contribution is 0.0899. The summed E-state index contributed by atoms with van der Waals surface area (Å²) in [4.78, 5) is 19.7. The summed E-state index contributed by atoms with van der Waals surface area (Å²) >= 11 is 0. The molecule has 0 atom stereocenters. The van der Waals surface area contributed by atoms with Crippen LogP contribution in [0.5, 0.6) is 11.5 Å². The topological polar surface area (TPSA) is 75.5 Å². The smallest absolute Gasteiger partial charge is 0.166 e. The van der Waals surface area contributed by atoms with E-state index in [0.29, 0.717) is 35.8 Å². The van der Waals surface area contributed by atoms with E-state index in [4.69, 9.17) is 9.47 Å². The molecule has 0 bridgehead atoms. The van der Waals surface area contributed by atoms with Gasteiger partial charge in [0.05, 0.1) is 16.8 Å². The summed E-state index contributed by atoms with van der Waals surface area (Å²) < 4.78 is 11.2. The summed E-state index contributed by atoms with van der Waals surface area (Å²) in [5.74, 6) is 1.45. The largest absolute Gasteiger partial charge is 0.486 e. The Bertz CT molecular complexity index is 1160. The van der Waals surface area contributed by atoms with E-state index in [9.17, 15) is 10.1 Å². The van der Waals surface area contributed by atoms with Gasteiger partial charge < -0.3 is 14.4 Å². The SMILES string of the molecule is N#Cc1cnc2ccccc2c1N1CCC(C(=O)c2ccc3c(c2)OCCO3)CC1.